The molecule has 23 heavy (non-hydrogen) atoms. The van der Waals surface area contributed by atoms with E-state index in [1.165, 1.54) is 19.3 Å². The molecule has 6 heteroatoms. The summed E-state index contributed by atoms with van der Waals surface area (Å²) >= 11 is 2.06. The van der Waals surface area contributed by atoms with Crippen LogP contribution in [0.2, 0.25) is 0 Å². The van der Waals surface area contributed by atoms with Crippen LogP contribution < -0.4 is 10.6 Å². The SMILES string of the molecule is CCSC1(CNC(=NC)NCCCCC(C)C)CCOCC1.I. The smallest absolute Gasteiger partial charge is 0.191 e. The Morgan fingerprint density at radius 1 is 1.22 bits per heavy atom. The Morgan fingerprint density at radius 3 is 2.48 bits per heavy atom. The van der Waals surface area contributed by atoms with Gasteiger partial charge in [0.1, 0.15) is 0 Å². The summed E-state index contributed by atoms with van der Waals surface area (Å²) in [5.74, 6) is 2.90. The molecule has 0 unspecified atom stereocenters. The van der Waals surface area contributed by atoms with E-state index in [0.29, 0.717) is 4.75 Å². The molecule has 1 aliphatic heterocycles. The Morgan fingerprint density at radius 2 is 1.91 bits per heavy atom. The zero-order valence-corrected chi connectivity index (χ0v) is 18.5. The zero-order chi connectivity index (χ0) is 16.3. The summed E-state index contributed by atoms with van der Waals surface area (Å²) in [6.07, 6.45) is 6.06. The average molecular weight is 457 g/mol. The van der Waals surface area contributed by atoms with E-state index in [9.17, 15) is 0 Å². The first-order valence-electron chi connectivity index (χ1n) is 8.78. The molecule has 0 atom stereocenters. The van der Waals surface area contributed by atoms with E-state index in [4.69, 9.17) is 4.74 Å². The molecule has 0 aromatic carbocycles. The molecule has 0 saturated carbocycles. The second-order valence-corrected chi connectivity index (χ2v) is 8.20. The fraction of sp³-hybridized carbons (Fsp3) is 0.941. The van der Waals surface area contributed by atoms with Gasteiger partial charge < -0.3 is 15.4 Å². The number of rotatable bonds is 9. The molecule has 0 amide bonds. The van der Waals surface area contributed by atoms with Crippen LogP contribution in [0.4, 0.5) is 0 Å². The summed E-state index contributed by atoms with van der Waals surface area (Å²) < 4.78 is 5.84. The van der Waals surface area contributed by atoms with Crippen LogP contribution in [0.5, 0.6) is 0 Å². The minimum atomic E-state index is 0. The van der Waals surface area contributed by atoms with Crippen LogP contribution in [0.3, 0.4) is 0 Å². The lowest BCUT2D eigenvalue weighted by Gasteiger charge is -2.37. The van der Waals surface area contributed by atoms with Gasteiger partial charge in [-0.2, -0.15) is 11.8 Å². The lowest BCUT2D eigenvalue weighted by molar-refractivity contribution is 0.0782. The van der Waals surface area contributed by atoms with Crippen molar-refractivity contribution in [2.75, 3.05) is 39.1 Å². The predicted octanol–water partition coefficient (Wildman–Crippen LogP) is 3.90. The van der Waals surface area contributed by atoms with Gasteiger partial charge in [-0.3, -0.25) is 4.99 Å². The number of aliphatic imine (C=N–C) groups is 1. The van der Waals surface area contributed by atoms with Crippen LogP contribution in [0.1, 0.15) is 52.9 Å². The first-order chi connectivity index (χ1) is 10.6. The Labute approximate surface area is 164 Å². The van der Waals surface area contributed by atoms with Crippen molar-refractivity contribution in [1.82, 2.24) is 10.6 Å². The van der Waals surface area contributed by atoms with Crippen LogP contribution in [0.25, 0.3) is 0 Å². The van der Waals surface area contributed by atoms with Crippen molar-refractivity contribution >= 4 is 41.7 Å². The highest BCUT2D eigenvalue weighted by molar-refractivity contribution is 14.0. The standard InChI is InChI=1S/C17H35N3OS.HI/c1-5-22-17(9-12-21-13-10-17)14-20-16(18-4)19-11-7-6-8-15(2)3;/h15H,5-14H2,1-4H3,(H2,18,19,20);1H. The highest BCUT2D eigenvalue weighted by atomic mass is 127. The topological polar surface area (TPSA) is 45.7 Å². The van der Waals surface area contributed by atoms with Crippen molar-refractivity contribution in [2.45, 2.75) is 57.6 Å². The minimum absolute atomic E-state index is 0. The lowest BCUT2D eigenvalue weighted by atomic mass is 9.99. The number of nitrogens with one attached hydrogen (secondary N) is 2. The second-order valence-electron chi connectivity index (χ2n) is 6.47. The number of hydrogen-bond acceptors (Lipinski definition) is 3. The molecule has 1 aliphatic rings. The van der Waals surface area contributed by atoms with Gasteiger partial charge in [-0.05, 0) is 30.9 Å². The van der Waals surface area contributed by atoms with E-state index in [0.717, 1.165) is 56.8 Å². The molecule has 4 nitrogen and oxygen atoms in total. The maximum absolute atomic E-state index is 5.53. The fourth-order valence-corrected chi connectivity index (χ4v) is 4.01. The van der Waals surface area contributed by atoms with Gasteiger partial charge in [-0.15, -0.1) is 24.0 Å². The van der Waals surface area contributed by atoms with Gasteiger partial charge in [0.15, 0.2) is 5.96 Å². The van der Waals surface area contributed by atoms with E-state index >= 15 is 0 Å². The fourth-order valence-electron chi connectivity index (χ4n) is 2.77. The van der Waals surface area contributed by atoms with Crippen LogP contribution >= 0.6 is 35.7 Å². The molecule has 1 saturated heterocycles. The number of guanidine groups is 1. The maximum atomic E-state index is 5.53. The van der Waals surface area contributed by atoms with E-state index < -0.39 is 0 Å². The number of unbranched alkanes of at least 4 members (excludes halogenated alkanes) is 1. The Balaban J connectivity index is 0.00000484. The highest BCUT2D eigenvalue weighted by Gasteiger charge is 2.32. The first kappa shape index (κ1) is 23.3. The van der Waals surface area contributed by atoms with E-state index in [2.05, 4.69) is 48.2 Å². The Hall–Kier alpha value is 0.310. The third kappa shape index (κ3) is 10.0. The third-order valence-corrected chi connectivity index (χ3v) is 5.61. The Kier molecular flexibility index (Phi) is 13.8. The highest BCUT2D eigenvalue weighted by Crippen LogP contribution is 2.34. The molecule has 0 spiro atoms. The van der Waals surface area contributed by atoms with Crippen molar-refractivity contribution in [3.63, 3.8) is 0 Å². The summed E-state index contributed by atoms with van der Waals surface area (Å²) in [4.78, 5) is 4.35. The molecule has 0 aromatic heterocycles. The minimum Gasteiger partial charge on any atom is -0.381 e. The number of halogens is 1. The number of nitrogens with zero attached hydrogens (tertiary/aromatic N) is 1. The monoisotopic (exact) mass is 457 g/mol. The van der Waals surface area contributed by atoms with Gasteiger partial charge in [0.25, 0.3) is 0 Å². The predicted molar refractivity (Wildman–Crippen MR) is 114 cm³/mol. The molecule has 0 aliphatic carbocycles. The van der Waals surface area contributed by atoms with Crippen LogP contribution in [0.15, 0.2) is 4.99 Å². The molecule has 0 radical (unpaired) electrons. The summed E-state index contributed by atoms with van der Waals surface area (Å²) in [7, 11) is 1.85. The number of hydrogen-bond donors (Lipinski definition) is 2. The molecule has 1 heterocycles. The van der Waals surface area contributed by atoms with Crippen LogP contribution in [-0.2, 0) is 4.74 Å². The van der Waals surface area contributed by atoms with Crippen molar-refractivity contribution in [3.8, 4) is 0 Å². The molecular weight excluding hydrogens is 421 g/mol. The molecule has 1 fully saturated rings. The average Bonchev–Trinajstić information content (AvgIpc) is 2.51. The second kappa shape index (κ2) is 13.6. The van der Waals surface area contributed by atoms with Gasteiger partial charge in [-0.1, -0.05) is 33.6 Å². The largest absolute Gasteiger partial charge is 0.381 e. The van der Waals surface area contributed by atoms with Crippen molar-refractivity contribution in [1.29, 1.82) is 0 Å². The van der Waals surface area contributed by atoms with Crippen LogP contribution in [-0.4, -0.2) is 49.8 Å². The van der Waals surface area contributed by atoms with Crippen molar-refractivity contribution in [2.24, 2.45) is 10.9 Å². The summed E-state index contributed by atoms with van der Waals surface area (Å²) in [6, 6.07) is 0. The number of thioether (sulfide) groups is 1. The van der Waals surface area contributed by atoms with Gasteiger partial charge in [0.2, 0.25) is 0 Å². The lowest BCUT2D eigenvalue weighted by Crippen LogP contribution is -2.48. The van der Waals surface area contributed by atoms with Gasteiger partial charge in [0, 0.05) is 38.1 Å². The van der Waals surface area contributed by atoms with Gasteiger partial charge in [0.05, 0.1) is 0 Å². The summed E-state index contributed by atoms with van der Waals surface area (Å²) in [6.45, 7) is 10.6. The van der Waals surface area contributed by atoms with Crippen molar-refractivity contribution < 1.29 is 4.74 Å². The quantitative estimate of drug-likeness (QED) is 0.239. The molecule has 0 aromatic rings. The van der Waals surface area contributed by atoms with E-state index in [1.54, 1.807) is 0 Å². The summed E-state index contributed by atoms with van der Waals surface area (Å²) in [5.41, 5.74) is 0. The number of ether oxygens (including phenoxy) is 1. The van der Waals surface area contributed by atoms with Crippen molar-refractivity contribution in [3.05, 3.63) is 0 Å². The first-order valence-corrected chi connectivity index (χ1v) is 9.76. The van der Waals surface area contributed by atoms with Gasteiger partial charge >= 0.3 is 0 Å². The molecule has 138 valence electrons. The Bertz CT molecular complexity index is 315. The van der Waals surface area contributed by atoms with Gasteiger partial charge in [-0.25, -0.2) is 0 Å². The van der Waals surface area contributed by atoms with Crippen LogP contribution in [0, 0.1) is 5.92 Å². The molecule has 1 rings (SSSR count). The molecule has 0 bridgehead atoms. The summed E-state index contributed by atoms with van der Waals surface area (Å²) in [5, 5.41) is 6.97. The van der Waals surface area contributed by atoms with E-state index in [1.807, 2.05) is 7.05 Å². The third-order valence-electron chi connectivity index (χ3n) is 4.16. The molecular formula is C17H36IN3OS. The van der Waals surface area contributed by atoms with E-state index in [-0.39, 0.29) is 24.0 Å². The molecule has 2 N–H and O–H groups in total. The maximum Gasteiger partial charge on any atom is 0.191 e. The normalized spacial score (nSPS) is 17.7. The zero-order valence-electron chi connectivity index (χ0n) is 15.3.